The fraction of sp³-hybridized carbons (Fsp3) is 0.545. The summed E-state index contributed by atoms with van der Waals surface area (Å²) in [4.78, 5) is 1.57. The molecule has 1 aliphatic rings. The van der Waals surface area contributed by atoms with Crippen molar-refractivity contribution < 1.29 is 9.15 Å². The summed E-state index contributed by atoms with van der Waals surface area (Å²) in [5, 5.41) is 12.3. The first-order valence-corrected chi connectivity index (χ1v) is 6.76. The zero-order valence-corrected chi connectivity index (χ0v) is 11.3. The Hall–Kier alpha value is -1.21. The van der Waals surface area contributed by atoms with Gasteiger partial charge in [0.05, 0.1) is 12.6 Å². The quantitative estimate of drug-likeness (QED) is 0.869. The van der Waals surface area contributed by atoms with Crippen LogP contribution in [0.25, 0.3) is 11.6 Å². The molecular formula is C11H13BrN4O2. The van der Waals surface area contributed by atoms with Gasteiger partial charge in [0.2, 0.25) is 5.82 Å². The first-order valence-electron chi connectivity index (χ1n) is 5.96. The van der Waals surface area contributed by atoms with E-state index in [9.17, 15) is 0 Å². The van der Waals surface area contributed by atoms with Crippen LogP contribution in [0.3, 0.4) is 0 Å². The average Bonchev–Trinajstić information content (AvgIpc) is 2.99. The molecule has 0 saturated carbocycles. The second kappa shape index (κ2) is 5.19. The van der Waals surface area contributed by atoms with Crippen LogP contribution >= 0.6 is 15.9 Å². The van der Waals surface area contributed by atoms with Crippen LogP contribution < -0.4 is 0 Å². The van der Waals surface area contributed by atoms with Gasteiger partial charge in [-0.25, -0.2) is 0 Å². The Kier molecular flexibility index (Phi) is 3.42. The molecule has 2 aromatic heterocycles. The highest BCUT2D eigenvalue weighted by Gasteiger charge is 2.17. The molecule has 0 radical (unpaired) electrons. The van der Waals surface area contributed by atoms with E-state index in [1.54, 1.807) is 10.9 Å². The Morgan fingerprint density at radius 2 is 2.33 bits per heavy atom. The van der Waals surface area contributed by atoms with Gasteiger partial charge in [0, 0.05) is 6.61 Å². The zero-order valence-electron chi connectivity index (χ0n) is 9.75. The monoisotopic (exact) mass is 312 g/mol. The molecule has 18 heavy (non-hydrogen) atoms. The molecule has 2 aromatic rings. The second-order valence-electron chi connectivity index (χ2n) is 4.26. The van der Waals surface area contributed by atoms with E-state index in [1.165, 1.54) is 6.42 Å². The largest absolute Gasteiger partial charge is 0.446 e. The van der Waals surface area contributed by atoms with E-state index in [0.717, 1.165) is 19.4 Å². The number of hydrogen-bond donors (Lipinski definition) is 0. The van der Waals surface area contributed by atoms with Crippen molar-refractivity contribution >= 4 is 15.9 Å². The van der Waals surface area contributed by atoms with Crippen LogP contribution in [0, 0.1) is 0 Å². The van der Waals surface area contributed by atoms with Crippen molar-refractivity contribution in [3.05, 3.63) is 16.8 Å². The summed E-state index contributed by atoms with van der Waals surface area (Å²) in [7, 11) is 0. The van der Waals surface area contributed by atoms with Gasteiger partial charge in [-0.15, -0.1) is 10.2 Å². The number of ether oxygens (including phenoxy) is 1. The zero-order chi connectivity index (χ0) is 12.4. The van der Waals surface area contributed by atoms with Gasteiger partial charge in [0.15, 0.2) is 10.4 Å². The Labute approximate surface area is 112 Å². The second-order valence-corrected chi connectivity index (χ2v) is 5.04. The van der Waals surface area contributed by atoms with E-state index < -0.39 is 0 Å². The maximum Gasteiger partial charge on any atom is 0.240 e. The minimum atomic E-state index is 0.198. The molecule has 1 aliphatic heterocycles. The van der Waals surface area contributed by atoms with E-state index in [0.29, 0.717) is 22.8 Å². The lowest BCUT2D eigenvalue weighted by molar-refractivity contribution is 0.00132. The van der Waals surface area contributed by atoms with Crippen molar-refractivity contribution in [1.29, 1.82) is 0 Å². The van der Waals surface area contributed by atoms with Gasteiger partial charge in [-0.3, -0.25) is 0 Å². The van der Waals surface area contributed by atoms with Gasteiger partial charge in [-0.1, -0.05) is 0 Å². The predicted octanol–water partition coefficient (Wildman–Crippen LogP) is 2.26. The van der Waals surface area contributed by atoms with Crippen molar-refractivity contribution in [1.82, 2.24) is 20.2 Å². The lowest BCUT2D eigenvalue weighted by Gasteiger charge is -2.21. The highest BCUT2D eigenvalue weighted by Crippen LogP contribution is 2.21. The van der Waals surface area contributed by atoms with Crippen molar-refractivity contribution in [2.45, 2.75) is 31.9 Å². The molecule has 3 rings (SSSR count). The van der Waals surface area contributed by atoms with Crippen molar-refractivity contribution in [2.24, 2.45) is 0 Å². The highest BCUT2D eigenvalue weighted by molar-refractivity contribution is 9.10. The van der Waals surface area contributed by atoms with Gasteiger partial charge in [0.25, 0.3) is 0 Å². The fourth-order valence-corrected chi connectivity index (χ4v) is 2.29. The summed E-state index contributed by atoms with van der Waals surface area (Å²) < 4.78 is 11.7. The molecule has 6 nitrogen and oxygen atoms in total. The lowest BCUT2D eigenvalue weighted by Crippen LogP contribution is -2.25. The molecule has 1 saturated heterocycles. The summed E-state index contributed by atoms with van der Waals surface area (Å²) in [5.41, 5.74) is 0. The number of furan rings is 1. The average molecular weight is 313 g/mol. The minimum absolute atomic E-state index is 0.198. The summed E-state index contributed by atoms with van der Waals surface area (Å²) in [6, 6.07) is 3.61. The maximum atomic E-state index is 5.64. The van der Waals surface area contributed by atoms with Crippen molar-refractivity contribution in [3.8, 4) is 11.6 Å². The number of halogens is 1. The normalized spacial score (nSPS) is 20.2. The fourth-order valence-electron chi connectivity index (χ4n) is 1.99. The smallest absolute Gasteiger partial charge is 0.240 e. The van der Waals surface area contributed by atoms with Gasteiger partial charge in [-0.2, -0.15) is 4.80 Å². The molecule has 0 bridgehead atoms. The van der Waals surface area contributed by atoms with E-state index in [-0.39, 0.29) is 6.10 Å². The van der Waals surface area contributed by atoms with Gasteiger partial charge in [-0.05, 0) is 52.5 Å². The predicted molar refractivity (Wildman–Crippen MR) is 66.8 cm³/mol. The highest BCUT2D eigenvalue weighted by atomic mass is 79.9. The van der Waals surface area contributed by atoms with Crippen molar-refractivity contribution in [2.75, 3.05) is 6.61 Å². The van der Waals surface area contributed by atoms with E-state index in [4.69, 9.17) is 9.15 Å². The Bertz CT molecular complexity index is 519. The van der Waals surface area contributed by atoms with E-state index in [2.05, 4.69) is 31.3 Å². The summed E-state index contributed by atoms with van der Waals surface area (Å²) >= 11 is 3.25. The van der Waals surface area contributed by atoms with Crippen LogP contribution in [-0.4, -0.2) is 32.9 Å². The van der Waals surface area contributed by atoms with Gasteiger partial charge < -0.3 is 9.15 Å². The van der Waals surface area contributed by atoms with Crippen LogP contribution in [0.2, 0.25) is 0 Å². The van der Waals surface area contributed by atoms with Crippen LogP contribution in [-0.2, 0) is 11.3 Å². The number of hydrogen-bond acceptors (Lipinski definition) is 5. The maximum absolute atomic E-state index is 5.64. The third-order valence-electron chi connectivity index (χ3n) is 2.89. The topological polar surface area (TPSA) is 66.0 Å². The molecule has 7 heteroatoms. The molecule has 0 aliphatic carbocycles. The Morgan fingerprint density at radius 1 is 1.39 bits per heavy atom. The SMILES string of the molecule is Brc1ccc(-c2nnn(CC3CCCCO3)n2)o1. The van der Waals surface area contributed by atoms with Gasteiger partial charge in [0.1, 0.15) is 0 Å². The summed E-state index contributed by atoms with van der Waals surface area (Å²) in [5.74, 6) is 1.11. The number of tetrazole rings is 1. The van der Waals surface area contributed by atoms with E-state index in [1.807, 2.05) is 6.07 Å². The molecule has 0 spiro atoms. The van der Waals surface area contributed by atoms with Gasteiger partial charge >= 0.3 is 0 Å². The molecule has 0 N–H and O–H groups in total. The Balaban J connectivity index is 1.69. The molecule has 3 heterocycles. The molecule has 1 unspecified atom stereocenters. The molecule has 96 valence electrons. The summed E-state index contributed by atoms with van der Waals surface area (Å²) in [6.45, 7) is 1.48. The molecule has 0 amide bonds. The summed E-state index contributed by atoms with van der Waals surface area (Å²) in [6.07, 6.45) is 3.61. The molecule has 1 atom stereocenters. The Morgan fingerprint density at radius 3 is 3.06 bits per heavy atom. The van der Waals surface area contributed by atoms with Crippen LogP contribution in [0.1, 0.15) is 19.3 Å². The standard InChI is InChI=1S/C11H13BrN4O2/c12-10-5-4-9(18-10)11-13-15-16(14-11)7-8-3-1-2-6-17-8/h4-5,8H,1-3,6-7H2. The molecule has 0 aromatic carbocycles. The molecule has 1 fully saturated rings. The van der Waals surface area contributed by atoms with Crippen LogP contribution in [0.5, 0.6) is 0 Å². The van der Waals surface area contributed by atoms with Crippen molar-refractivity contribution in [3.63, 3.8) is 0 Å². The minimum Gasteiger partial charge on any atom is -0.446 e. The van der Waals surface area contributed by atoms with Crippen LogP contribution in [0.4, 0.5) is 0 Å². The number of nitrogens with zero attached hydrogens (tertiary/aromatic N) is 4. The third kappa shape index (κ3) is 2.62. The number of aromatic nitrogens is 4. The first kappa shape index (κ1) is 11.9. The lowest BCUT2D eigenvalue weighted by atomic mass is 10.1. The van der Waals surface area contributed by atoms with E-state index >= 15 is 0 Å². The van der Waals surface area contributed by atoms with Crippen LogP contribution in [0.15, 0.2) is 21.2 Å². The molecular weight excluding hydrogens is 300 g/mol. The third-order valence-corrected chi connectivity index (χ3v) is 3.31. The number of rotatable bonds is 3. The first-order chi connectivity index (χ1) is 8.81.